The fraction of sp³-hybridized carbons (Fsp3) is 0.750. The van der Waals surface area contributed by atoms with Crippen molar-refractivity contribution in [2.24, 2.45) is 5.92 Å². The van der Waals surface area contributed by atoms with Crippen LogP contribution >= 0.6 is 11.8 Å². The lowest BCUT2D eigenvalue weighted by Gasteiger charge is -2.05. The van der Waals surface area contributed by atoms with Crippen LogP contribution in [0.2, 0.25) is 0 Å². The van der Waals surface area contributed by atoms with Crippen LogP contribution in [0.15, 0.2) is 5.16 Å². The van der Waals surface area contributed by atoms with Crippen LogP contribution in [0.4, 0.5) is 0 Å². The van der Waals surface area contributed by atoms with E-state index in [9.17, 15) is 4.79 Å². The van der Waals surface area contributed by atoms with Crippen LogP contribution in [-0.2, 0) is 11.3 Å². The standard InChI is InChI=1S/C8H14N4O2S/c1-6(2)3-4-12-8(9-10-11-12)15-5-7(13)14/h6H,3-5H2,1-2H3,(H,13,14). The van der Waals surface area contributed by atoms with Gasteiger partial charge < -0.3 is 5.11 Å². The summed E-state index contributed by atoms with van der Waals surface area (Å²) in [4.78, 5) is 10.4. The maximum Gasteiger partial charge on any atom is 0.313 e. The smallest absolute Gasteiger partial charge is 0.313 e. The Labute approximate surface area is 92.0 Å². The summed E-state index contributed by atoms with van der Waals surface area (Å²) in [6.07, 6.45) is 0.978. The maximum absolute atomic E-state index is 10.4. The number of tetrazole rings is 1. The summed E-state index contributed by atoms with van der Waals surface area (Å²) in [5, 5.41) is 20.2. The molecule has 0 aliphatic rings. The first-order chi connectivity index (χ1) is 7.09. The van der Waals surface area contributed by atoms with E-state index in [1.54, 1.807) is 4.68 Å². The van der Waals surface area contributed by atoms with E-state index in [4.69, 9.17) is 5.11 Å². The molecule has 0 unspecified atom stereocenters. The van der Waals surface area contributed by atoms with E-state index in [-0.39, 0.29) is 5.75 Å². The molecule has 0 saturated carbocycles. The lowest BCUT2D eigenvalue weighted by molar-refractivity contribution is -0.133. The topological polar surface area (TPSA) is 80.9 Å². The van der Waals surface area contributed by atoms with E-state index in [1.807, 2.05) is 0 Å². The van der Waals surface area contributed by atoms with Crippen molar-refractivity contribution in [2.75, 3.05) is 5.75 Å². The van der Waals surface area contributed by atoms with Gasteiger partial charge in [0.1, 0.15) is 0 Å². The van der Waals surface area contributed by atoms with Crippen LogP contribution in [0, 0.1) is 5.92 Å². The van der Waals surface area contributed by atoms with E-state index in [1.165, 1.54) is 0 Å². The minimum absolute atomic E-state index is 0.0119. The Morgan fingerprint density at radius 1 is 1.60 bits per heavy atom. The Morgan fingerprint density at radius 3 is 2.93 bits per heavy atom. The Kier molecular flexibility index (Phi) is 4.54. The van der Waals surface area contributed by atoms with Gasteiger partial charge in [0.25, 0.3) is 0 Å². The number of thioether (sulfide) groups is 1. The van der Waals surface area contributed by atoms with Gasteiger partial charge in [-0.15, -0.1) is 5.10 Å². The number of hydrogen-bond donors (Lipinski definition) is 1. The molecule has 0 amide bonds. The quantitative estimate of drug-likeness (QED) is 0.731. The van der Waals surface area contributed by atoms with Crippen LogP contribution in [0.25, 0.3) is 0 Å². The highest BCUT2D eigenvalue weighted by Crippen LogP contribution is 2.14. The largest absolute Gasteiger partial charge is 0.481 e. The zero-order valence-corrected chi connectivity index (χ0v) is 9.57. The number of carboxylic acids is 1. The number of carboxylic acid groups (broad SMARTS) is 1. The lowest BCUT2D eigenvalue weighted by Crippen LogP contribution is -2.06. The summed E-state index contributed by atoms with van der Waals surface area (Å²) in [5.74, 6) is -0.299. The van der Waals surface area contributed by atoms with Crippen molar-refractivity contribution in [3.63, 3.8) is 0 Å². The number of nitrogens with zero attached hydrogens (tertiary/aromatic N) is 4. The molecule has 6 nitrogen and oxygen atoms in total. The first-order valence-corrected chi connectivity index (χ1v) is 5.69. The van der Waals surface area contributed by atoms with E-state index < -0.39 is 5.97 Å². The highest BCUT2D eigenvalue weighted by Gasteiger charge is 2.09. The van der Waals surface area contributed by atoms with Crippen molar-refractivity contribution in [3.8, 4) is 0 Å². The minimum Gasteiger partial charge on any atom is -0.481 e. The zero-order valence-electron chi connectivity index (χ0n) is 8.75. The third kappa shape index (κ3) is 4.28. The molecule has 15 heavy (non-hydrogen) atoms. The normalized spacial score (nSPS) is 10.9. The zero-order chi connectivity index (χ0) is 11.3. The van der Waals surface area contributed by atoms with Gasteiger partial charge in [0.15, 0.2) is 0 Å². The van der Waals surface area contributed by atoms with Crippen molar-refractivity contribution >= 4 is 17.7 Å². The number of aromatic nitrogens is 4. The Hall–Kier alpha value is -1.11. The van der Waals surface area contributed by atoms with Crippen LogP contribution in [0.3, 0.4) is 0 Å². The van der Waals surface area contributed by atoms with Gasteiger partial charge in [-0.2, -0.15) is 0 Å². The fourth-order valence-corrected chi connectivity index (χ4v) is 1.57. The molecule has 1 N–H and O–H groups in total. The molecule has 0 bridgehead atoms. The summed E-state index contributed by atoms with van der Waals surface area (Å²) in [5.41, 5.74) is 0. The molecule has 0 atom stereocenters. The van der Waals surface area contributed by atoms with Crippen molar-refractivity contribution in [1.82, 2.24) is 20.2 Å². The first kappa shape index (κ1) is 12.0. The van der Waals surface area contributed by atoms with Gasteiger partial charge in [-0.25, -0.2) is 4.68 Å². The molecule has 0 radical (unpaired) electrons. The average molecular weight is 230 g/mol. The number of aryl methyl sites for hydroxylation is 1. The van der Waals surface area contributed by atoms with Gasteiger partial charge >= 0.3 is 5.97 Å². The average Bonchev–Trinajstić information content (AvgIpc) is 2.58. The predicted octanol–water partition coefficient (Wildman–Crippen LogP) is 0.896. The fourth-order valence-electron chi connectivity index (χ4n) is 0.947. The van der Waals surface area contributed by atoms with Crippen LogP contribution in [-0.4, -0.2) is 37.0 Å². The molecular weight excluding hydrogens is 216 g/mol. The van der Waals surface area contributed by atoms with Crippen molar-refractivity contribution in [1.29, 1.82) is 0 Å². The predicted molar refractivity (Wildman–Crippen MR) is 55.6 cm³/mol. The van der Waals surface area contributed by atoms with Gasteiger partial charge in [-0.1, -0.05) is 25.6 Å². The second-order valence-corrected chi connectivity index (χ2v) is 4.49. The second-order valence-electron chi connectivity index (χ2n) is 3.55. The second kappa shape index (κ2) is 5.69. The Morgan fingerprint density at radius 2 is 2.33 bits per heavy atom. The van der Waals surface area contributed by atoms with Crippen LogP contribution in [0.5, 0.6) is 0 Å². The first-order valence-electron chi connectivity index (χ1n) is 4.70. The SMILES string of the molecule is CC(C)CCn1nnnc1SCC(=O)O. The molecule has 1 aromatic heterocycles. The molecule has 0 aliphatic heterocycles. The minimum atomic E-state index is -0.863. The number of carbonyl (C=O) groups is 1. The van der Waals surface area contributed by atoms with Gasteiger partial charge in [0.05, 0.1) is 5.75 Å². The molecule has 7 heteroatoms. The molecule has 0 spiro atoms. The van der Waals surface area contributed by atoms with Gasteiger partial charge in [-0.05, 0) is 22.8 Å². The molecule has 1 aromatic rings. The van der Waals surface area contributed by atoms with Crippen LogP contribution < -0.4 is 0 Å². The van der Waals surface area contributed by atoms with E-state index in [0.29, 0.717) is 11.1 Å². The maximum atomic E-state index is 10.4. The van der Waals surface area contributed by atoms with Crippen molar-refractivity contribution < 1.29 is 9.90 Å². The monoisotopic (exact) mass is 230 g/mol. The third-order valence-corrected chi connectivity index (χ3v) is 2.68. The molecular formula is C8H14N4O2S. The van der Waals surface area contributed by atoms with E-state index >= 15 is 0 Å². The Bertz CT molecular complexity index is 326. The van der Waals surface area contributed by atoms with E-state index in [2.05, 4.69) is 29.4 Å². The summed E-state index contributed by atoms with van der Waals surface area (Å²) >= 11 is 1.14. The van der Waals surface area contributed by atoms with Gasteiger partial charge in [0, 0.05) is 6.54 Å². The highest BCUT2D eigenvalue weighted by atomic mass is 32.2. The molecule has 0 aliphatic carbocycles. The molecule has 1 rings (SSSR count). The van der Waals surface area contributed by atoms with Gasteiger partial charge in [-0.3, -0.25) is 4.79 Å². The van der Waals surface area contributed by atoms with Crippen LogP contribution in [0.1, 0.15) is 20.3 Å². The third-order valence-electron chi connectivity index (χ3n) is 1.74. The molecule has 0 aromatic carbocycles. The Balaban J connectivity index is 2.49. The van der Waals surface area contributed by atoms with Gasteiger partial charge in [0.2, 0.25) is 5.16 Å². The van der Waals surface area contributed by atoms with Crippen molar-refractivity contribution in [2.45, 2.75) is 32.0 Å². The highest BCUT2D eigenvalue weighted by molar-refractivity contribution is 7.99. The summed E-state index contributed by atoms with van der Waals surface area (Å²) in [6, 6.07) is 0. The lowest BCUT2D eigenvalue weighted by atomic mass is 10.1. The van der Waals surface area contributed by atoms with Crippen molar-refractivity contribution in [3.05, 3.63) is 0 Å². The number of aliphatic carboxylic acids is 1. The molecule has 84 valence electrons. The molecule has 0 fully saturated rings. The number of hydrogen-bond acceptors (Lipinski definition) is 5. The number of rotatable bonds is 6. The molecule has 1 heterocycles. The summed E-state index contributed by atoms with van der Waals surface area (Å²) < 4.78 is 1.65. The summed E-state index contributed by atoms with van der Waals surface area (Å²) in [7, 11) is 0. The summed E-state index contributed by atoms with van der Waals surface area (Å²) in [6.45, 7) is 4.97. The molecule has 0 saturated heterocycles. The van der Waals surface area contributed by atoms with E-state index in [0.717, 1.165) is 24.7 Å².